The zero-order valence-electron chi connectivity index (χ0n) is 16.7. The summed E-state index contributed by atoms with van der Waals surface area (Å²) in [5.74, 6) is -1.28. The summed E-state index contributed by atoms with van der Waals surface area (Å²) < 4.78 is 33.2. The molecule has 1 atom stereocenters. The molecule has 0 saturated heterocycles. The van der Waals surface area contributed by atoms with Crippen molar-refractivity contribution < 1.29 is 17.9 Å². The van der Waals surface area contributed by atoms with Crippen LogP contribution in [0.25, 0.3) is 10.9 Å². The Kier molecular flexibility index (Phi) is 5.88. The number of fused-ring (bicyclic) bond motifs is 1. The average Bonchev–Trinajstić information content (AvgIpc) is 3.20. The van der Waals surface area contributed by atoms with E-state index in [9.17, 15) is 13.2 Å². The summed E-state index contributed by atoms with van der Waals surface area (Å²) in [4.78, 5) is 13.0. The van der Waals surface area contributed by atoms with Gasteiger partial charge in [0.25, 0.3) is 10.0 Å². The lowest BCUT2D eigenvalue weighted by molar-refractivity contribution is -0.146. The Labute approximate surface area is 180 Å². The van der Waals surface area contributed by atoms with Crippen molar-refractivity contribution in [2.24, 2.45) is 5.73 Å². The highest BCUT2D eigenvalue weighted by Gasteiger charge is 2.28. The lowest BCUT2D eigenvalue weighted by Crippen LogP contribution is -2.23. The number of ether oxygens (including phenoxy) is 1. The third kappa shape index (κ3) is 4.10. The first-order valence-electron chi connectivity index (χ1n) is 9.83. The van der Waals surface area contributed by atoms with Gasteiger partial charge in [-0.2, -0.15) is 0 Å². The van der Waals surface area contributed by atoms with Gasteiger partial charge in [-0.3, -0.25) is 4.79 Å². The summed E-state index contributed by atoms with van der Waals surface area (Å²) in [5, 5.41) is 0.647. The predicted octanol–water partition coefficient (Wildman–Crippen LogP) is 3.66. The fourth-order valence-electron chi connectivity index (χ4n) is 3.54. The molecule has 0 amide bonds. The normalized spacial score (nSPS) is 12.5. The van der Waals surface area contributed by atoms with Gasteiger partial charge in [0.2, 0.25) is 0 Å². The molecule has 4 aromatic rings. The van der Waals surface area contributed by atoms with E-state index in [1.54, 1.807) is 42.5 Å². The van der Waals surface area contributed by atoms with E-state index >= 15 is 0 Å². The van der Waals surface area contributed by atoms with E-state index in [1.807, 2.05) is 30.3 Å². The van der Waals surface area contributed by atoms with Crippen molar-refractivity contribution in [1.29, 1.82) is 0 Å². The number of nitrogens with two attached hydrogens (primary N) is 1. The van der Waals surface area contributed by atoms with E-state index in [0.29, 0.717) is 16.5 Å². The number of benzene rings is 3. The van der Waals surface area contributed by atoms with Crippen LogP contribution in [-0.4, -0.2) is 24.9 Å². The van der Waals surface area contributed by atoms with Crippen molar-refractivity contribution in [2.75, 3.05) is 6.54 Å². The smallest absolute Gasteiger partial charge is 0.315 e. The molecule has 0 saturated carbocycles. The Bertz CT molecular complexity index is 1300. The summed E-state index contributed by atoms with van der Waals surface area (Å²) >= 11 is 0. The van der Waals surface area contributed by atoms with Gasteiger partial charge in [-0.15, -0.1) is 0 Å². The second-order valence-corrected chi connectivity index (χ2v) is 8.91. The van der Waals surface area contributed by atoms with Gasteiger partial charge in [0.1, 0.15) is 6.61 Å². The fraction of sp³-hybridized carbons (Fsp3) is 0.125. The third-order valence-electron chi connectivity index (χ3n) is 5.13. The van der Waals surface area contributed by atoms with E-state index in [4.69, 9.17) is 10.5 Å². The maximum absolute atomic E-state index is 13.3. The first-order valence-corrected chi connectivity index (χ1v) is 11.3. The average molecular weight is 435 g/mol. The lowest BCUT2D eigenvalue weighted by Gasteiger charge is -2.14. The van der Waals surface area contributed by atoms with Crippen molar-refractivity contribution >= 4 is 26.9 Å². The van der Waals surface area contributed by atoms with Crippen molar-refractivity contribution in [3.8, 4) is 0 Å². The number of para-hydroxylation sites is 1. The first kappa shape index (κ1) is 20.8. The number of rotatable bonds is 7. The fourth-order valence-corrected chi connectivity index (χ4v) is 4.94. The molecule has 4 rings (SSSR count). The minimum absolute atomic E-state index is 0.00693. The zero-order valence-corrected chi connectivity index (χ0v) is 17.5. The molecule has 0 aliphatic heterocycles. The Morgan fingerprint density at radius 3 is 2.19 bits per heavy atom. The third-order valence-corrected chi connectivity index (χ3v) is 6.82. The van der Waals surface area contributed by atoms with Crippen LogP contribution in [0.3, 0.4) is 0 Å². The molecule has 6 nitrogen and oxygen atoms in total. The molecule has 0 aliphatic rings. The largest absolute Gasteiger partial charge is 0.460 e. The summed E-state index contributed by atoms with van der Waals surface area (Å²) in [6.45, 7) is 0.115. The zero-order chi connectivity index (χ0) is 21.8. The highest BCUT2D eigenvalue weighted by atomic mass is 32.2. The molecule has 1 aromatic heterocycles. The molecule has 7 heteroatoms. The Morgan fingerprint density at radius 2 is 1.52 bits per heavy atom. The molecular formula is C24H22N2O4S. The lowest BCUT2D eigenvalue weighted by atomic mass is 9.99. The molecule has 0 aliphatic carbocycles. The maximum Gasteiger partial charge on any atom is 0.315 e. The van der Waals surface area contributed by atoms with Crippen molar-refractivity contribution in [2.45, 2.75) is 17.4 Å². The van der Waals surface area contributed by atoms with E-state index < -0.39 is 21.9 Å². The summed E-state index contributed by atoms with van der Waals surface area (Å²) in [5.41, 5.74) is 7.80. The first-order chi connectivity index (χ1) is 15.0. The van der Waals surface area contributed by atoms with E-state index in [2.05, 4.69) is 0 Å². The van der Waals surface area contributed by atoms with Crippen LogP contribution in [0.2, 0.25) is 0 Å². The molecule has 3 aromatic carbocycles. The van der Waals surface area contributed by atoms with Gasteiger partial charge in [0.05, 0.1) is 16.3 Å². The van der Waals surface area contributed by atoms with Crippen LogP contribution in [0.4, 0.5) is 0 Å². The Balaban J connectivity index is 1.73. The Hall–Kier alpha value is -3.42. The summed E-state index contributed by atoms with van der Waals surface area (Å²) in [7, 11) is -3.84. The quantitative estimate of drug-likeness (QED) is 0.448. The van der Waals surface area contributed by atoms with E-state index in [1.165, 1.54) is 22.3 Å². The molecule has 31 heavy (non-hydrogen) atoms. The topological polar surface area (TPSA) is 91.4 Å². The molecule has 0 fully saturated rings. The Morgan fingerprint density at radius 1 is 0.903 bits per heavy atom. The highest BCUT2D eigenvalue weighted by molar-refractivity contribution is 7.90. The van der Waals surface area contributed by atoms with Crippen LogP contribution < -0.4 is 5.73 Å². The molecular weight excluding hydrogens is 412 g/mol. The number of aromatic nitrogens is 1. The van der Waals surface area contributed by atoms with Crippen molar-refractivity contribution in [3.05, 3.63) is 102 Å². The van der Waals surface area contributed by atoms with Gasteiger partial charge in [0.15, 0.2) is 0 Å². The number of nitrogens with zero attached hydrogens (tertiary/aromatic N) is 1. The maximum atomic E-state index is 13.3. The van der Waals surface area contributed by atoms with Gasteiger partial charge in [-0.05, 0) is 29.3 Å². The molecule has 158 valence electrons. The van der Waals surface area contributed by atoms with Gasteiger partial charge in [-0.1, -0.05) is 66.7 Å². The molecule has 1 unspecified atom stereocenters. The molecule has 1 heterocycles. The number of hydrogen-bond donors (Lipinski definition) is 1. The van der Waals surface area contributed by atoms with Crippen molar-refractivity contribution in [1.82, 2.24) is 3.97 Å². The monoisotopic (exact) mass is 434 g/mol. The summed E-state index contributed by atoms with van der Waals surface area (Å²) in [6, 6.07) is 24.6. The number of esters is 1. The van der Waals surface area contributed by atoms with Crippen LogP contribution in [0.15, 0.2) is 96.0 Å². The second-order valence-electron chi connectivity index (χ2n) is 7.10. The standard InChI is InChI=1S/C24H22N2O4S/c25-15-21(24(27)30-17-18-9-3-1-4-10-18)22-16-26(23-14-8-7-13-20(22)23)31(28,29)19-11-5-2-6-12-19/h1-14,16,21H,15,17,25H2. The SMILES string of the molecule is NCC(C(=O)OCc1ccccc1)c1cn(S(=O)(=O)c2ccccc2)c2ccccc12. The number of carbonyl (C=O) groups excluding carboxylic acids is 1. The van der Waals surface area contributed by atoms with Crippen LogP contribution in [0.1, 0.15) is 17.0 Å². The van der Waals surface area contributed by atoms with E-state index in [0.717, 1.165) is 5.56 Å². The van der Waals surface area contributed by atoms with Gasteiger partial charge < -0.3 is 10.5 Å². The number of carbonyl (C=O) groups is 1. The molecule has 0 radical (unpaired) electrons. The van der Waals surface area contributed by atoms with Crippen LogP contribution in [-0.2, 0) is 26.2 Å². The van der Waals surface area contributed by atoms with Crippen LogP contribution >= 0.6 is 0 Å². The second kappa shape index (κ2) is 8.75. The highest BCUT2D eigenvalue weighted by Crippen LogP contribution is 2.31. The molecule has 0 spiro atoms. The van der Waals surface area contributed by atoms with Gasteiger partial charge in [0, 0.05) is 18.1 Å². The van der Waals surface area contributed by atoms with Gasteiger partial charge >= 0.3 is 5.97 Å². The van der Waals surface area contributed by atoms with E-state index in [-0.39, 0.29) is 18.0 Å². The van der Waals surface area contributed by atoms with Crippen LogP contribution in [0, 0.1) is 0 Å². The van der Waals surface area contributed by atoms with Crippen LogP contribution in [0.5, 0.6) is 0 Å². The molecule has 2 N–H and O–H groups in total. The summed E-state index contributed by atoms with van der Waals surface area (Å²) in [6.07, 6.45) is 1.48. The minimum atomic E-state index is -3.84. The minimum Gasteiger partial charge on any atom is -0.460 e. The predicted molar refractivity (Wildman–Crippen MR) is 119 cm³/mol. The van der Waals surface area contributed by atoms with Crippen molar-refractivity contribution in [3.63, 3.8) is 0 Å². The van der Waals surface area contributed by atoms with Gasteiger partial charge in [-0.25, -0.2) is 12.4 Å². The number of hydrogen-bond acceptors (Lipinski definition) is 5. The molecule has 0 bridgehead atoms.